The van der Waals surface area contributed by atoms with Crippen LogP contribution in [0.1, 0.15) is 27.0 Å². The highest BCUT2D eigenvalue weighted by molar-refractivity contribution is 6.05. The molecule has 4 heterocycles. The number of piperazine rings is 1. The van der Waals surface area contributed by atoms with Crippen molar-refractivity contribution >= 4 is 22.6 Å². The fraction of sp³-hybridized carbons (Fsp3) is 0.290. The van der Waals surface area contributed by atoms with E-state index in [1.165, 1.54) is 24.7 Å². The number of aromatic nitrogens is 4. The second kappa shape index (κ2) is 11.7. The van der Waals surface area contributed by atoms with Gasteiger partial charge in [0.15, 0.2) is 11.5 Å². The Kier molecular flexibility index (Phi) is 7.82. The lowest BCUT2D eigenvalue weighted by molar-refractivity contribution is -0.138. The molecule has 0 unspecified atom stereocenters. The van der Waals surface area contributed by atoms with Crippen molar-refractivity contribution in [2.45, 2.75) is 19.6 Å². The molecule has 1 aliphatic rings. The van der Waals surface area contributed by atoms with Crippen LogP contribution in [0.5, 0.6) is 11.6 Å². The predicted molar refractivity (Wildman–Crippen MR) is 157 cm³/mol. The molecule has 13 heteroatoms. The number of nitrogens with one attached hydrogen (secondary N) is 1. The van der Waals surface area contributed by atoms with Crippen LogP contribution in [0, 0.1) is 6.92 Å². The number of hydrogen-bond donors (Lipinski definition) is 1. The Morgan fingerprint density at radius 1 is 1.05 bits per heavy atom. The van der Waals surface area contributed by atoms with E-state index in [9.17, 15) is 18.0 Å². The van der Waals surface area contributed by atoms with E-state index in [1.54, 1.807) is 49.1 Å². The van der Waals surface area contributed by atoms with Gasteiger partial charge in [-0.3, -0.25) is 14.4 Å². The molecule has 0 bridgehead atoms. The lowest BCUT2D eigenvalue weighted by Crippen LogP contribution is -2.44. The van der Waals surface area contributed by atoms with Crippen molar-refractivity contribution in [3.63, 3.8) is 0 Å². The molecule has 6 rings (SSSR count). The number of furan rings is 1. The van der Waals surface area contributed by atoms with Crippen LogP contribution in [-0.4, -0.2) is 68.7 Å². The first-order valence-corrected chi connectivity index (χ1v) is 14.0. The van der Waals surface area contributed by atoms with Gasteiger partial charge in [0.25, 0.3) is 5.91 Å². The fourth-order valence-electron chi connectivity index (χ4n) is 5.07. The lowest BCUT2D eigenvalue weighted by Gasteiger charge is -2.33. The number of anilines is 1. The Bertz CT molecular complexity index is 1810. The van der Waals surface area contributed by atoms with Crippen LogP contribution in [0.4, 0.5) is 18.9 Å². The summed E-state index contributed by atoms with van der Waals surface area (Å²) < 4.78 is 55.2. The van der Waals surface area contributed by atoms with Gasteiger partial charge in [-0.1, -0.05) is 12.1 Å². The van der Waals surface area contributed by atoms with E-state index in [0.29, 0.717) is 52.5 Å². The Balaban J connectivity index is 1.24. The van der Waals surface area contributed by atoms with Gasteiger partial charge in [-0.2, -0.15) is 23.3 Å². The highest BCUT2D eigenvalue weighted by Gasteiger charge is 2.34. The maximum Gasteiger partial charge on any atom is 0.416 e. The number of hydrogen-bond acceptors (Lipinski definition) is 8. The Morgan fingerprint density at radius 3 is 2.57 bits per heavy atom. The molecule has 10 nitrogen and oxygen atoms in total. The number of carbonyl (C=O) groups excluding carboxylic acids is 1. The molecule has 5 aromatic rings. The van der Waals surface area contributed by atoms with Gasteiger partial charge in [-0.25, -0.2) is 4.98 Å². The van der Waals surface area contributed by atoms with Gasteiger partial charge >= 0.3 is 6.18 Å². The molecule has 0 saturated carbocycles. The van der Waals surface area contributed by atoms with E-state index in [4.69, 9.17) is 9.15 Å². The van der Waals surface area contributed by atoms with Crippen molar-refractivity contribution in [1.29, 1.82) is 0 Å². The SMILES string of the molecule is Cc1ccc(Oc2nc(-c3ccoc3)nc3c2cnn3C)cc1NC(=O)c1ccc(CN2CCN(C)CC2)c(C(F)(F)F)c1. The summed E-state index contributed by atoms with van der Waals surface area (Å²) in [7, 11) is 3.74. The quantitative estimate of drug-likeness (QED) is 0.251. The minimum atomic E-state index is -4.60. The Hall–Kier alpha value is -4.75. The van der Waals surface area contributed by atoms with Crippen LogP contribution in [-0.2, 0) is 19.8 Å². The maximum absolute atomic E-state index is 14.1. The van der Waals surface area contributed by atoms with Crippen LogP contribution in [0.3, 0.4) is 0 Å². The Morgan fingerprint density at radius 2 is 1.84 bits per heavy atom. The zero-order chi connectivity index (χ0) is 31.0. The standard InChI is InChI=1S/C31H30F3N7O3/c1-19-4-7-23(44-30-24-16-35-40(3)28(24)37-27(38-30)22-8-13-43-18-22)15-26(19)36-29(42)20-5-6-21(25(14-20)31(32,33)34)17-41-11-9-39(2)10-12-41/h4-8,13-16,18H,9-12,17H2,1-3H3,(H,36,42). The van der Waals surface area contributed by atoms with Crippen LogP contribution in [0.25, 0.3) is 22.4 Å². The third-order valence-corrected chi connectivity index (χ3v) is 7.68. The topological polar surface area (TPSA) is 102 Å². The summed E-state index contributed by atoms with van der Waals surface area (Å²) in [5.74, 6) is 0.306. The van der Waals surface area contributed by atoms with E-state index in [0.717, 1.165) is 19.2 Å². The molecule has 0 aliphatic carbocycles. The molecule has 1 amide bonds. The second-order valence-corrected chi connectivity index (χ2v) is 10.9. The molecule has 1 saturated heterocycles. The number of fused-ring (bicyclic) bond motifs is 1. The van der Waals surface area contributed by atoms with E-state index in [-0.39, 0.29) is 23.6 Å². The van der Waals surface area contributed by atoms with E-state index in [1.807, 2.05) is 11.9 Å². The molecule has 0 atom stereocenters. The van der Waals surface area contributed by atoms with E-state index >= 15 is 0 Å². The molecule has 1 aliphatic heterocycles. The van der Waals surface area contributed by atoms with Gasteiger partial charge < -0.3 is 19.4 Å². The molecule has 1 fully saturated rings. The number of amides is 1. The van der Waals surface area contributed by atoms with Crippen LogP contribution < -0.4 is 10.1 Å². The summed E-state index contributed by atoms with van der Waals surface area (Å²) in [5.41, 5.74) is 1.52. The highest BCUT2D eigenvalue weighted by Crippen LogP contribution is 2.35. The summed E-state index contributed by atoms with van der Waals surface area (Å²) in [6.07, 6.45) is 0.0169. The fourth-order valence-corrected chi connectivity index (χ4v) is 5.07. The lowest BCUT2D eigenvalue weighted by atomic mass is 10.0. The van der Waals surface area contributed by atoms with Gasteiger partial charge in [-0.05, 0) is 49.4 Å². The van der Waals surface area contributed by atoms with Crippen molar-refractivity contribution in [2.24, 2.45) is 7.05 Å². The third kappa shape index (κ3) is 6.15. The number of rotatable bonds is 7. The number of aryl methyl sites for hydroxylation is 2. The molecule has 228 valence electrons. The molecule has 1 N–H and O–H groups in total. The van der Waals surface area contributed by atoms with Gasteiger partial charge in [0, 0.05) is 57.1 Å². The van der Waals surface area contributed by atoms with Gasteiger partial charge in [0.2, 0.25) is 5.88 Å². The summed E-state index contributed by atoms with van der Waals surface area (Å²) in [6.45, 7) is 4.89. The first-order valence-electron chi connectivity index (χ1n) is 14.0. The molecule has 44 heavy (non-hydrogen) atoms. The highest BCUT2D eigenvalue weighted by atomic mass is 19.4. The number of alkyl halides is 3. The maximum atomic E-state index is 14.1. The number of carbonyl (C=O) groups is 1. The second-order valence-electron chi connectivity index (χ2n) is 10.9. The van der Waals surface area contributed by atoms with Gasteiger partial charge in [0.05, 0.1) is 23.6 Å². The van der Waals surface area contributed by atoms with Crippen molar-refractivity contribution < 1.29 is 27.1 Å². The van der Waals surface area contributed by atoms with Crippen molar-refractivity contribution in [1.82, 2.24) is 29.5 Å². The van der Waals surface area contributed by atoms with Crippen molar-refractivity contribution in [3.8, 4) is 23.0 Å². The summed E-state index contributed by atoms with van der Waals surface area (Å²) >= 11 is 0. The van der Waals surface area contributed by atoms with Crippen LogP contribution in [0.15, 0.2) is 65.6 Å². The van der Waals surface area contributed by atoms with Crippen molar-refractivity contribution in [2.75, 3.05) is 38.5 Å². The number of ether oxygens (including phenoxy) is 1. The smallest absolute Gasteiger partial charge is 0.416 e. The molecule has 2 aromatic carbocycles. The number of halogens is 3. The van der Waals surface area contributed by atoms with Crippen LogP contribution >= 0.6 is 0 Å². The molecular weight excluding hydrogens is 575 g/mol. The van der Waals surface area contributed by atoms with Gasteiger partial charge in [-0.15, -0.1) is 0 Å². The zero-order valence-corrected chi connectivity index (χ0v) is 24.4. The summed E-state index contributed by atoms with van der Waals surface area (Å²) in [4.78, 5) is 26.5. The molecular formula is C31H30F3N7O3. The first-order chi connectivity index (χ1) is 21.0. The summed E-state index contributed by atoms with van der Waals surface area (Å²) in [5, 5.41) is 7.58. The van der Waals surface area contributed by atoms with E-state index < -0.39 is 17.6 Å². The Labute approximate surface area is 251 Å². The van der Waals surface area contributed by atoms with E-state index in [2.05, 4.69) is 25.3 Å². The van der Waals surface area contributed by atoms with Gasteiger partial charge in [0.1, 0.15) is 17.4 Å². The average molecular weight is 606 g/mol. The zero-order valence-electron chi connectivity index (χ0n) is 24.4. The largest absolute Gasteiger partial charge is 0.472 e. The average Bonchev–Trinajstić information content (AvgIpc) is 3.66. The first kappa shape index (κ1) is 29.3. The number of likely N-dealkylation sites (N-methyl/N-ethyl adjacent to an activating group) is 1. The molecule has 0 radical (unpaired) electrons. The third-order valence-electron chi connectivity index (χ3n) is 7.68. The monoisotopic (exact) mass is 605 g/mol. The summed E-state index contributed by atoms with van der Waals surface area (Å²) in [6, 6.07) is 10.5. The molecule has 0 spiro atoms. The minimum absolute atomic E-state index is 0.0946. The minimum Gasteiger partial charge on any atom is -0.472 e. The number of benzene rings is 2. The van der Waals surface area contributed by atoms with Crippen LogP contribution in [0.2, 0.25) is 0 Å². The predicted octanol–water partition coefficient (Wildman–Crippen LogP) is 5.74. The molecule has 3 aromatic heterocycles. The number of nitrogens with zero attached hydrogens (tertiary/aromatic N) is 6. The normalized spacial score (nSPS) is 14.7. The van der Waals surface area contributed by atoms with Crippen molar-refractivity contribution in [3.05, 3.63) is 83.4 Å².